The first-order chi connectivity index (χ1) is 7.83. The first kappa shape index (κ1) is 16.1. The van der Waals surface area contributed by atoms with Crippen molar-refractivity contribution < 1.29 is 23.1 Å². The molecule has 0 aromatic carbocycles. The quantitative estimate of drug-likeness (QED) is 0.305. The van der Waals surface area contributed by atoms with Gasteiger partial charge in [-0.2, -0.15) is 0 Å². The van der Waals surface area contributed by atoms with E-state index in [-0.39, 0.29) is 0 Å². The lowest BCUT2D eigenvalue weighted by Gasteiger charge is -2.29. The summed E-state index contributed by atoms with van der Waals surface area (Å²) in [6, 6.07) is 0. The van der Waals surface area contributed by atoms with E-state index in [9.17, 15) is 9.18 Å². The molecule has 0 aliphatic carbocycles. The first-order valence-corrected chi connectivity index (χ1v) is 8.62. The van der Waals surface area contributed by atoms with E-state index >= 15 is 0 Å². The first-order valence-electron chi connectivity index (χ1n) is 5.63. The molecule has 2 unspecified atom stereocenters. The van der Waals surface area contributed by atoms with Crippen LogP contribution in [-0.2, 0) is 13.9 Å². The summed E-state index contributed by atoms with van der Waals surface area (Å²) >= 11 is 0. The second kappa shape index (κ2) is 7.44. The van der Waals surface area contributed by atoms with E-state index in [4.69, 9.17) is 9.16 Å². The lowest BCUT2D eigenvalue weighted by molar-refractivity contribution is -0.0509. The zero-order chi connectivity index (χ0) is 13.5. The second-order valence-corrected chi connectivity index (χ2v) is 8.27. The molecule has 0 fully saturated rings. The van der Waals surface area contributed by atoms with E-state index in [0.717, 1.165) is 12.7 Å². The van der Waals surface area contributed by atoms with Crippen LogP contribution in [0.15, 0.2) is 12.8 Å². The molecule has 0 saturated heterocycles. The third kappa shape index (κ3) is 6.43. The molecule has 2 atom stereocenters. The highest BCUT2D eigenvalue weighted by atomic mass is 28.4. The Kier molecular flexibility index (Phi) is 7.06. The number of ether oxygens (including phenoxy) is 2. The van der Waals surface area contributed by atoms with Crippen LogP contribution in [0.25, 0.3) is 0 Å². The Balaban J connectivity index is 4.20. The van der Waals surface area contributed by atoms with Crippen molar-refractivity contribution in [1.29, 1.82) is 0 Å². The summed E-state index contributed by atoms with van der Waals surface area (Å²) in [4.78, 5) is 11.0. The molecule has 0 N–H and O–H groups in total. The highest BCUT2D eigenvalue weighted by Crippen LogP contribution is 2.20. The highest BCUT2D eigenvalue weighted by molar-refractivity contribution is 6.72. The van der Waals surface area contributed by atoms with Gasteiger partial charge in [0.1, 0.15) is 5.79 Å². The topological polar surface area (TPSA) is 44.8 Å². The van der Waals surface area contributed by atoms with Crippen molar-refractivity contribution >= 4 is 14.5 Å². The van der Waals surface area contributed by atoms with E-state index < -0.39 is 26.6 Å². The normalized spacial score (nSPS) is 14.9. The van der Waals surface area contributed by atoms with Gasteiger partial charge < -0.3 is 13.9 Å². The fraction of sp³-hybridized carbons (Fsp3) is 0.727. The summed E-state index contributed by atoms with van der Waals surface area (Å²) in [6.45, 7) is 10.2. The number of carbonyl (C=O) groups is 1. The maximum atomic E-state index is 13.8. The van der Waals surface area contributed by atoms with Gasteiger partial charge in [-0.3, -0.25) is 0 Å². The number of hydrogen-bond acceptors (Lipinski definition) is 4. The van der Waals surface area contributed by atoms with Gasteiger partial charge in [0, 0.05) is 0 Å². The molecule has 4 nitrogen and oxygen atoms in total. The molecule has 0 saturated carbocycles. The fourth-order valence-corrected chi connectivity index (χ4v) is 3.39. The molecule has 100 valence electrons. The van der Waals surface area contributed by atoms with Gasteiger partial charge in [0.15, 0.2) is 6.29 Å². The SMILES string of the molecule is C=COC(=O)OC(C)O[Si](C)(C)C(F)CCC. The van der Waals surface area contributed by atoms with Crippen LogP contribution in [0.5, 0.6) is 0 Å². The summed E-state index contributed by atoms with van der Waals surface area (Å²) in [5.74, 6) is -0.978. The van der Waals surface area contributed by atoms with Crippen LogP contribution < -0.4 is 0 Å². The Morgan fingerprint density at radius 2 is 2.12 bits per heavy atom. The van der Waals surface area contributed by atoms with Crippen LogP contribution in [0.3, 0.4) is 0 Å². The summed E-state index contributed by atoms with van der Waals surface area (Å²) in [5.41, 5.74) is 0. The van der Waals surface area contributed by atoms with E-state index in [1.165, 1.54) is 6.92 Å². The fourth-order valence-electron chi connectivity index (χ4n) is 1.36. The smallest absolute Gasteiger partial charge is 0.405 e. The number of carbonyl (C=O) groups excluding carboxylic acids is 1. The Labute approximate surface area is 103 Å². The molecule has 0 aromatic rings. The average Bonchev–Trinajstić information content (AvgIpc) is 2.16. The Morgan fingerprint density at radius 3 is 2.59 bits per heavy atom. The van der Waals surface area contributed by atoms with Crippen molar-refractivity contribution in [3.63, 3.8) is 0 Å². The maximum Gasteiger partial charge on any atom is 0.515 e. The number of alkyl halides is 1. The minimum absolute atomic E-state index is 0.461. The van der Waals surface area contributed by atoms with Gasteiger partial charge in [-0.1, -0.05) is 19.9 Å². The molecule has 0 bridgehead atoms. The van der Waals surface area contributed by atoms with Crippen molar-refractivity contribution in [2.45, 2.75) is 51.9 Å². The summed E-state index contributed by atoms with van der Waals surface area (Å²) < 4.78 is 28.4. The molecule has 0 aliphatic heterocycles. The summed E-state index contributed by atoms with van der Waals surface area (Å²) in [6.07, 6.45) is 0.465. The van der Waals surface area contributed by atoms with Crippen molar-refractivity contribution in [2.24, 2.45) is 0 Å². The van der Waals surface area contributed by atoms with Crippen LogP contribution in [0.2, 0.25) is 13.1 Å². The highest BCUT2D eigenvalue weighted by Gasteiger charge is 2.36. The minimum Gasteiger partial charge on any atom is -0.405 e. The van der Waals surface area contributed by atoms with E-state index in [1.54, 1.807) is 13.1 Å². The van der Waals surface area contributed by atoms with Gasteiger partial charge in [-0.15, -0.1) is 0 Å². The summed E-state index contributed by atoms with van der Waals surface area (Å²) in [5, 5.41) is 0. The van der Waals surface area contributed by atoms with Gasteiger partial charge in [0.05, 0.1) is 6.26 Å². The number of hydrogen-bond donors (Lipinski definition) is 0. The van der Waals surface area contributed by atoms with Gasteiger partial charge >= 0.3 is 6.16 Å². The molecule has 0 aliphatic rings. The Bertz CT molecular complexity index is 258. The van der Waals surface area contributed by atoms with Crippen LogP contribution in [0.1, 0.15) is 26.7 Å². The van der Waals surface area contributed by atoms with Crippen LogP contribution in [0, 0.1) is 0 Å². The lowest BCUT2D eigenvalue weighted by Crippen LogP contribution is -2.45. The molecular formula is C11H21FO4Si. The molecule has 0 aromatic heterocycles. The molecule has 0 radical (unpaired) electrons. The van der Waals surface area contributed by atoms with Crippen LogP contribution >= 0.6 is 0 Å². The van der Waals surface area contributed by atoms with Crippen LogP contribution in [-0.4, -0.2) is 26.6 Å². The molecule has 0 heterocycles. The van der Waals surface area contributed by atoms with E-state index in [1.807, 2.05) is 6.92 Å². The van der Waals surface area contributed by atoms with Crippen molar-refractivity contribution in [3.05, 3.63) is 12.8 Å². The van der Waals surface area contributed by atoms with Crippen molar-refractivity contribution in [2.75, 3.05) is 0 Å². The van der Waals surface area contributed by atoms with Gasteiger partial charge in [0.25, 0.3) is 0 Å². The van der Waals surface area contributed by atoms with Gasteiger partial charge in [-0.25, -0.2) is 9.18 Å². The largest absolute Gasteiger partial charge is 0.515 e. The standard InChI is InChI=1S/C11H21FO4Si/c1-6-8-10(12)17(4,5)16-9(3)15-11(13)14-7-2/h7,9-10H,2,6,8H2,1,3-5H3. The molecule has 0 spiro atoms. The van der Waals surface area contributed by atoms with Crippen molar-refractivity contribution in [3.8, 4) is 0 Å². The zero-order valence-electron chi connectivity index (χ0n) is 10.9. The number of halogens is 1. The average molecular weight is 264 g/mol. The molecule has 17 heavy (non-hydrogen) atoms. The van der Waals surface area contributed by atoms with Gasteiger partial charge in [-0.05, 0) is 26.4 Å². The third-order valence-electron chi connectivity index (χ3n) is 2.21. The predicted octanol–water partition coefficient (Wildman–Crippen LogP) is 3.53. The van der Waals surface area contributed by atoms with Gasteiger partial charge in [0.2, 0.25) is 8.32 Å². The molecular weight excluding hydrogens is 243 g/mol. The minimum atomic E-state index is -2.51. The molecule has 6 heteroatoms. The Morgan fingerprint density at radius 1 is 1.53 bits per heavy atom. The zero-order valence-corrected chi connectivity index (χ0v) is 11.9. The molecule has 0 rings (SSSR count). The third-order valence-corrected chi connectivity index (χ3v) is 4.94. The second-order valence-electron chi connectivity index (χ2n) is 4.20. The van der Waals surface area contributed by atoms with E-state index in [0.29, 0.717) is 6.42 Å². The lowest BCUT2D eigenvalue weighted by atomic mass is 10.4. The van der Waals surface area contributed by atoms with Crippen LogP contribution in [0.4, 0.5) is 9.18 Å². The maximum absolute atomic E-state index is 13.8. The number of rotatable bonds is 7. The summed E-state index contributed by atoms with van der Waals surface area (Å²) in [7, 11) is -2.51. The predicted molar refractivity (Wildman–Crippen MR) is 65.6 cm³/mol. The molecule has 0 amide bonds. The Hall–Kier alpha value is -0.883. The van der Waals surface area contributed by atoms with E-state index in [2.05, 4.69) is 11.3 Å². The monoisotopic (exact) mass is 264 g/mol. The van der Waals surface area contributed by atoms with Crippen molar-refractivity contribution in [1.82, 2.24) is 0 Å².